The molecule has 2 aromatic carbocycles. The third-order valence-electron chi connectivity index (χ3n) is 4.98. The summed E-state index contributed by atoms with van der Waals surface area (Å²) >= 11 is 7.55. The SMILES string of the molecule is COc1nc2c3c(c(Cl)c(-c4ccc(F)c5sc(N)c(C#N)c45)c(F)c3n1)OCCN2. The largest absolute Gasteiger partial charge is 0.489 e. The summed E-state index contributed by atoms with van der Waals surface area (Å²) in [4.78, 5) is 8.39. The molecular formula is C20H12ClF2N5O2S. The van der Waals surface area contributed by atoms with Crippen molar-refractivity contribution >= 4 is 54.7 Å². The van der Waals surface area contributed by atoms with Crippen LogP contribution in [0.25, 0.3) is 32.1 Å². The Labute approximate surface area is 183 Å². The Kier molecular flexibility index (Phi) is 4.46. The van der Waals surface area contributed by atoms with Gasteiger partial charge >= 0.3 is 6.01 Å². The lowest BCUT2D eigenvalue weighted by Crippen LogP contribution is -2.09. The van der Waals surface area contributed by atoms with Crippen molar-refractivity contribution in [2.45, 2.75) is 0 Å². The first kappa shape index (κ1) is 19.5. The molecule has 0 atom stereocenters. The third-order valence-corrected chi connectivity index (χ3v) is 6.37. The van der Waals surface area contributed by atoms with E-state index in [0.717, 1.165) is 11.3 Å². The number of methoxy groups -OCH3 is 1. The number of nitriles is 1. The fourth-order valence-corrected chi connectivity index (χ4v) is 4.96. The third kappa shape index (κ3) is 2.74. The van der Waals surface area contributed by atoms with Crippen molar-refractivity contribution in [3.63, 3.8) is 0 Å². The second kappa shape index (κ2) is 7.08. The van der Waals surface area contributed by atoms with Gasteiger partial charge in [-0.3, -0.25) is 0 Å². The number of nitrogens with one attached hydrogen (secondary N) is 1. The number of ether oxygens (including phenoxy) is 2. The average Bonchev–Trinajstić information content (AvgIpc) is 2.96. The molecule has 0 unspecified atom stereocenters. The summed E-state index contributed by atoms with van der Waals surface area (Å²) in [7, 11) is 1.37. The fourth-order valence-electron chi connectivity index (χ4n) is 3.67. The highest BCUT2D eigenvalue weighted by Crippen LogP contribution is 2.49. The Bertz CT molecular complexity index is 1450. The molecule has 31 heavy (non-hydrogen) atoms. The van der Waals surface area contributed by atoms with Crippen molar-refractivity contribution in [2.75, 3.05) is 31.3 Å². The minimum atomic E-state index is -0.778. The van der Waals surface area contributed by atoms with Crippen LogP contribution in [0.4, 0.5) is 19.6 Å². The summed E-state index contributed by atoms with van der Waals surface area (Å²) in [5, 5.41) is 13.2. The highest BCUT2D eigenvalue weighted by atomic mass is 35.5. The predicted octanol–water partition coefficient (Wildman–Crippen LogP) is 4.71. The molecule has 1 aliphatic rings. The van der Waals surface area contributed by atoms with E-state index in [4.69, 9.17) is 26.8 Å². The van der Waals surface area contributed by atoms with Crippen LogP contribution >= 0.6 is 22.9 Å². The van der Waals surface area contributed by atoms with Crippen molar-refractivity contribution in [3.8, 4) is 29.0 Å². The van der Waals surface area contributed by atoms with E-state index in [-0.39, 0.29) is 66.1 Å². The molecule has 7 nitrogen and oxygen atoms in total. The Morgan fingerprint density at radius 1 is 1.32 bits per heavy atom. The highest BCUT2D eigenvalue weighted by molar-refractivity contribution is 7.23. The zero-order valence-electron chi connectivity index (χ0n) is 15.8. The number of hydrogen-bond acceptors (Lipinski definition) is 8. The van der Waals surface area contributed by atoms with Crippen LogP contribution in [0.2, 0.25) is 5.02 Å². The molecule has 4 aromatic rings. The van der Waals surface area contributed by atoms with Crippen molar-refractivity contribution in [2.24, 2.45) is 0 Å². The number of rotatable bonds is 2. The molecule has 1 aliphatic heterocycles. The van der Waals surface area contributed by atoms with Crippen LogP contribution in [0.15, 0.2) is 12.1 Å². The average molecular weight is 460 g/mol. The summed E-state index contributed by atoms with van der Waals surface area (Å²) in [6.45, 7) is 0.643. The van der Waals surface area contributed by atoms with Gasteiger partial charge in [0, 0.05) is 10.9 Å². The van der Waals surface area contributed by atoms with Gasteiger partial charge in [0.2, 0.25) is 0 Å². The molecule has 0 saturated carbocycles. The van der Waals surface area contributed by atoms with E-state index in [1.54, 1.807) is 0 Å². The molecule has 0 bridgehead atoms. The number of hydrogen-bond donors (Lipinski definition) is 2. The quantitative estimate of drug-likeness (QED) is 0.447. The number of thiophene rings is 1. The lowest BCUT2D eigenvalue weighted by molar-refractivity contribution is 0.339. The molecule has 0 spiro atoms. The van der Waals surface area contributed by atoms with E-state index in [9.17, 15) is 9.65 Å². The zero-order valence-corrected chi connectivity index (χ0v) is 17.4. The van der Waals surface area contributed by atoms with E-state index >= 15 is 4.39 Å². The highest BCUT2D eigenvalue weighted by Gasteiger charge is 2.29. The maximum Gasteiger partial charge on any atom is 0.318 e. The lowest BCUT2D eigenvalue weighted by atomic mass is 9.96. The van der Waals surface area contributed by atoms with Crippen LogP contribution in [-0.4, -0.2) is 30.2 Å². The molecule has 0 radical (unpaired) electrons. The first-order valence-corrected chi connectivity index (χ1v) is 10.2. The van der Waals surface area contributed by atoms with Gasteiger partial charge in [0.1, 0.15) is 34.8 Å². The minimum absolute atomic E-state index is 0.0368. The van der Waals surface area contributed by atoms with Gasteiger partial charge in [-0.25, -0.2) is 8.78 Å². The van der Waals surface area contributed by atoms with Gasteiger partial charge < -0.3 is 20.5 Å². The first-order valence-electron chi connectivity index (χ1n) is 9.00. The van der Waals surface area contributed by atoms with Gasteiger partial charge in [-0.05, 0) is 11.6 Å². The molecule has 0 fully saturated rings. The summed E-state index contributed by atoms with van der Waals surface area (Å²) in [5.41, 5.74) is 6.04. The number of nitrogens with two attached hydrogens (primary N) is 1. The Morgan fingerprint density at radius 3 is 2.87 bits per heavy atom. The molecule has 5 rings (SSSR count). The smallest absolute Gasteiger partial charge is 0.318 e. The molecule has 0 saturated heterocycles. The molecule has 0 aliphatic carbocycles. The number of nitrogens with zero attached hydrogens (tertiary/aromatic N) is 3. The second-order valence-corrected chi connectivity index (χ2v) is 8.07. The van der Waals surface area contributed by atoms with Crippen molar-refractivity contribution in [1.29, 1.82) is 5.26 Å². The van der Waals surface area contributed by atoms with Crippen molar-refractivity contribution < 1.29 is 18.3 Å². The van der Waals surface area contributed by atoms with Gasteiger partial charge in [0.25, 0.3) is 0 Å². The van der Waals surface area contributed by atoms with Gasteiger partial charge in [-0.1, -0.05) is 17.7 Å². The number of nitrogen functional groups attached to an aromatic ring is 1. The predicted molar refractivity (Wildman–Crippen MR) is 115 cm³/mol. The lowest BCUT2D eigenvalue weighted by Gasteiger charge is -2.16. The summed E-state index contributed by atoms with van der Waals surface area (Å²) in [5.74, 6) is -0.836. The van der Waals surface area contributed by atoms with Crippen LogP contribution in [0.5, 0.6) is 11.8 Å². The zero-order chi connectivity index (χ0) is 21.9. The summed E-state index contributed by atoms with van der Waals surface area (Å²) < 4.78 is 41.5. The van der Waals surface area contributed by atoms with E-state index in [1.165, 1.54) is 19.2 Å². The Balaban J connectivity index is 1.97. The molecule has 2 aromatic heterocycles. The van der Waals surface area contributed by atoms with E-state index in [2.05, 4.69) is 15.3 Å². The molecule has 0 amide bonds. The van der Waals surface area contributed by atoms with E-state index in [0.29, 0.717) is 12.4 Å². The molecule has 3 N–H and O–H groups in total. The number of benzene rings is 2. The minimum Gasteiger partial charge on any atom is -0.489 e. The normalized spacial score (nSPS) is 12.9. The van der Waals surface area contributed by atoms with Crippen LogP contribution in [0.1, 0.15) is 5.56 Å². The van der Waals surface area contributed by atoms with Gasteiger partial charge in [0.15, 0.2) is 11.6 Å². The number of anilines is 2. The number of halogens is 3. The van der Waals surface area contributed by atoms with Crippen LogP contribution in [0, 0.1) is 23.0 Å². The first-order chi connectivity index (χ1) is 15.0. The standard InChI is InChI=1S/C20H12ClF2N5O2S/c1-29-20-27-15-12-16(30-5-4-26-19(12)28-20)13(21)11(14(15)23)7-2-3-9(22)17-10(7)8(6-24)18(25)31-17/h2-3H,4-5,25H2,1H3,(H,26,27,28). The van der Waals surface area contributed by atoms with Crippen molar-refractivity contribution in [3.05, 3.63) is 34.4 Å². The van der Waals surface area contributed by atoms with E-state index in [1.807, 2.05) is 6.07 Å². The second-order valence-electron chi connectivity index (χ2n) is 6.64. The topological polar surface area (TPSA) is 106 Å². The maximum absolute atomic E-state index is 15.9. The summed E-state index contributed by atoms with van der Waals surface area (Å²) in [6.07, 6.45) is 0. The van der Waals surface area contributed by atoms with Crippen LogP contribution in [-0.2, 0) is 0 Å². The van der Waals surface area contributed by atoms with Gasteiger partial charge in [-0.15, -0.1) is 11.3 Å². The summed E-state index contributed by atoms with van der Waals surface area (Å²) in [6, 6.07) is 4.47. The maximum atomic E-state index is 15.9. The number of aromatic nitrogens is 2. The van der Waals surface area contributed by atoms with E-state index < -0.39 is 11.6 Å². The van der Waals surface area contributed by atoms with Gasteiger partial charge in [0.05, 0.1) is 34.3 Å². The Hall–Kier alpha value is -3.42. The molecule has 3 heterocycles. The monoisotopic (exact) mass is 459 g/mol. The van der Waals surface area contributed by atoms with Crippen LogP contribution in [0.3, 0.4) is 0 Å². The Morgan fingerprint density at radius 2 is 2.13 bits per heavy atom. The fraction of sp³-hybridized carbons (Fsp3) is 0.150. The number of fused-ring (bicyclic) bond motifs is 1. The molecule has 156 valence electrons. The molecular weight excluding hydrogens is 448 g/mol. The molecule has 11 heteroatoms. The van der Waals surface area contributed by atoms with Gasteiger partial charge in [-0.2, -0.15) is 15.2 Å². The van der Waals surface area contributed by atoms with Crippen molar-refractivity contribution in [1.82, 2.24) is 9.97 Å². The van der Waals surface area contributed by atoms with Crippen LogP contribution < -0.4 is 20.5 Å².